The molecule has 3 aromatic rings. The highest BCUT2D eigenvalue weighted by molar-refractivity contribution is 5.86. The number of fused-ring (bicyclic) bond motifs is 1. The molecule has 2 fully saturated rings. The van der Waals surface area contributed by atoms with Gasteiger partial charge in [-0.15, -0.1) is 0 Å². The zero-order valence-electron chi connectivity index (χ0n) is 20.1. The molecular formula is C28H29NO6. The van der Waals surface area contributed by atoms with Crippen LogP contribution >= 0.6 is 0 Å². The number of ether oxygens (including phenoxy) is 2. The minimum absolute atomic E-state index is 0.0124. The zero-order chi connectivity index (χ0) is 24.7. The number of hydrogen-bond donors (Lipinski definition) is 1. The van der Waals surface area contributed by atoms with Crippen LogP contribution in [0.4, 0.5) is 0 Å². The van der Waals surface area contributed by atoms with Gasteiger partial charge in [-0.3, -0.25) is 4.79 Å². The molecule has 2 aliphatic rings. The van der Waals surface area contributed by atoms with E-state index in [1.165, 1.54) is 0 Å². The number of aliphatic hydroxyl groups is 1. The van der Waals surface area contributed by atoms with Gasteiger partial charge in [-0.05, 0) is 47.9 Å². The SMILES string of the molecule is COc1ccc(C2(c3ccc(OC)cc3)CC3(C)C(=O)N(Cc4ccccc4)CC3(O)OO2)cc1. The zero-order valence-corrected chi connectivity index (χ0v) is 20.1. The third kappa shape index (κ3) is 3.76. The molecule has 0 spiro atoms. The van der Waals surface area contributed by atoms with E-state index in [4.69, 9.17) is 19.2 Å². The summed E-state index contributed by atoms with van der Waals surface area (Å²) in [7, 11) is 3.21. The molecule has 7 nitrogen and oxygen atoms in total. The van der Waals surface area contributed by atoms with Gasteiger partial charge in [0.05, 0.1) is 20.8 Å². The van der Waals surface area contributed by atoms with E-state index in [-0.39, 0.29) is 18.9 Å². The number of carbonyl (C=O) groups is 1. The van der Waals surface area contributed by atoms with Gasteiger partial charge in [0.2, 0.25) is 11.7 Å². The van der Waals surface area contributed by atoms with Crippen LogP contribution in [0.15, 0.2) is 78.9 Å². The highest BCUT2D eigenvalue weighted by atomic mass is 17.2. The second-order valence-corrected chi connectivity index (χ2v) is 9.39. The fourth-order valence-electron chi connectivity index (χ4n) is 5.14. The van der Waals surface area contributed by atoms with Crippen molar-refractivity contribution in [3.05, 3.63) is 95.6 Å². The van der Waals surface area contributed by atoms with Crippen molar-refractivity contribution in [1.82, 2.24) is 4.90 Å². The molecule has 2 aliphatic heterocycles. The Morgan fingerprint density at radius 3 is 1.91 bits per heavy atom. The number of hydrogen-bond acceptors (Lipinski definition) is 6. The lowest BCUT2D eigenvalue weighted by atomic mass is 9.68. The van der Waals surface area contributed by atoms with Gasteiger partial charge in [-0.2, -0.15) is 4.89 Å². The van der Waals surface area contributed by atoms with Crippen LogP contribution in [0, 0.1) is 5.41 Å². The molecule has 0 aromatic heterocycles. The van der Waals surface area contributed by atoms with Crippen LogP contribution in [0.5, 0.6) is 11.5 Å². The normalized spacial score (nSPS) is 25.3. The Balaban J connectivity index is 1.56. The third-order valence-electron chi connectivity index (χ3n) is 7.28. The summed E-state index contributed by atoms with van der Waals surface area (Å²) < 4.78 is 10.7. The summed E-state index contributed by atoms with van der Waals surface area (Å²) in [5, 5.41) is 11.5. The molecule has 182 valence electrons. The Morgan fingerprint density at radius 2 is 1.40 bits per heavy atom. The van der Waals surface area contributed by atoms with Gasteiger partial charge in [0.15, 0.2) is 5.60 Å². The van der Waals surface area contributed by atoms with E-state index >= 15 is 0 Å². The minimum Gasteiger partial charge on any atom is -0.497 e. The van der Waals surface area contributed by atoms with E-state index in [9.17, 15) is 9.90 Å². The molecule has 0 saturated carbocycles. The maximum atomic E-state index is 13.8. The first-order chi connectivity index (χ1) is 16.8. The van der Waals surface area contributed by atoms with Crippen molar-refractivity contribution in [2.75, 3.05) is 20.8 Å². The summed E-state index contributed by atoms with van der Waals surface area (Å²) in [6, 6.07) is 24.6. The number of carbonyl (C=O) groups excluding carboxylic acids is 1. The van der Waals surface area contributed by atoms with Crippen LogP contribution in [0.1, 0.15) is 30.0 Å². The van der Waals surface area contributed by atoms with Gasteiger partial charge in [0.25, 0.3) is 0 Å². The van der Waals surface area contributed by atoms with Crippen molar-refractivity contribution >= 4 is 5.91 Å². The molecule has 3 aromatic carbocycles. The first kappa shape index (κ1) is 23.4. The fraction of sp³-hybridized carbons (Fsp3) is 0.321. The Kier molecular flexibility index (Phi) is 5.79. The van der Waals surface area contributed by atoms with Crippen molar-refractivity contribution in [1.29, 1.82) is 0 Å². The maximum absolute atomic E-state index is 13.8. The largest absolute Gasteiger partial charge is 0.497 e. The van der Waals surface area contributed by atoms with Crippen LogP contribution < -0.4 is 9.47 Å². The van der Waals surface area contributed by atoms with Gasteiger partial charge in [0.1, 0.15) is 16.9 Å². The average molecular weight is 476 g/mol. The Bertz CT molecular complexity index is 1150. The topological polar surface area (TPSA) is 77.5 Å². The molecule has 5 rings (SSSR count). The number of nitrogens with zero attached hydrogens (tertiary/aromatic N) is 1. The first-order valence-electron chi connectivity index (χ1n) is 11.6. The second-order valence-electron chi connectivity index (χ2n) is 9.39. The van der Waals surface area contributed by atoms with E-state index in [0.29, 0.717) is 18.0 Å². The lowest BCUT2D eigenvalue weighted by Gasteiger charge is -2.48. The maximum Gasteiger partial charge on any atom is 0.234 e. The van der Waals surface area contributed by atoms with E-state index in [1.807, 2.05) is 78.9 Å². The lowest BCUT2D eigenvalue weighted by Crippen LogP contribution is -2.58. The minimum atomic E-state index is -1.79. The molecule has 0 aliphatic carbocycles. The predicted molar refractivity (Wildman–Crippen MR) is 128 cm³/mol. The number of amides is 1. The summed E-state index contributed by atoms with van der Waals surface area (Å²) in [5.74, 6) is -0.576. The van der Waals surface area contributed by atoms with Gasteiger partial charge < -0.3 is 19.5 Å². The van der Waals surface area contributed by atoms with Crippen molar-refractivity contribution in [2.24, 2.45) is 5.41 Å². The predicted octanol–water partition coefficient (Wildman–Crippen LogP) is 4.04. The van der Waals surface area contributed by atoms with Crippen LogP contribution in [0.2, 0.25) is 0 Å². The monoisotopic (exact) mass is 475 g/mol. The van der Waals surface area contributed by atoms with Gasteiger partial charge in [-0.25, -0.2) is 4.89 Å². The highest BCUT2D eigenvalue weighted by Gasteiger charge is 2.69. The molecule has 1 N–H and O–H groups in total. The number of methoxy groups -OCH3 is 2. The highest BCUT2D eigenvalue weighted by Crippen LogP contribution is 2.56. The third-order valence-corrected chi connectivity index (χ3v) is 7.28. The van der Waals surface area contributed by atoms with E-state index in [1.54, 1.807) is 26.0 Å². The van der Waals surface area contributed by atoms with Crippen LogP contribution in [0.3, 0.4) is 0 Å². The second kappa shape index (κ2) is 8.68. The molecule has 2 saturated heterocycles. The fourth-order valence-corrected chi connectivity index (χ4v) is 5.14. The van der Waals surface area contributed by atoms with E-state index in [0.717, 1.165) is 16.7 Å². The Hall–Kier alpha value is -3.39. The van der Waals surface area contributed by atoms with Crippen LogP contribution in [-0.4, -0.2) is 42.5 Å². The quantitative estimate of drug-likeness (QED) is 0.543. The molecule has 0 bridgehead atoms. The summed E-state index contributed by atoms with van der Waals surface area (Å²) in [6.45, 7) is 2.14. The number of rotatable bonds is 6. The lowest BCUT2D eigenvalue weighted by molar-refractivity contribution is -0.500. The van der Waals surface area contributed by atoms with Crippen molar-refractivity contribution in [2.45, 2.75) is 31.3 Å². The molecule has 2 unspecified atom stereocenters. The van der Waals surface area contributed by atoms with Gasteiger partial charge >= 0.3 is 0 Å². The Labute approximate surface area is 204 Å². The van der Waals surface area contributed by atoms with Crippen molar-refractivity contribution in [3.8, 4) is 11.5 Å². The number of β-amino-alcohol motifs (C(OH)–C–C–N with tert-alkyl or cyclic N) is 1. The van der Waals surface area contributed by atoms with Crippen molar-refractivity contribution < 1.29 is 29.1 Å². The molecule has 7 heteroatoms. The van der Waals surface area contributed by atoms with E-state index < -0.39 is 16.8 Å². The smallest absolute Gasteiger partial charge is 0.234 e. The molecule has 0 radical (unpaired) electrons. The van der Waals surface area contributed by atoms with Gasteiger partial charge in [-0.1, -0.05) is 54.6 Å². The standard InChI is InChI=1S/C28H29NO6/c1-26-18-27(21-9-13-23(32-2)14-10-21,22-11-15-24(33-3)16-12-22)34-35-28(26,31)19-29(25(26)30)17-20-7-5-4-6-8-20/h4-16,31H,17-19H2,1-3H3. The van der Waals surface area contributed by atoms with Crippen molar-refractivity contribution in [3.63, 3.8) is 0 Å². The molecular weight excluding hydrogens is 446 g/mol. The van der Waals surface area contributed by atoms with Gasteiger partial charge in [0, 0.05) is 13.0 Å². The number of likely N-dealkylation sites (tertiary alicyclic amines) is 1. The molecule has 2 heterocycles. The summed E-state index contributed by atoms with van der Waals surface area (Å²) >= 11 is 0. The van der Waals surface area contributed by atoms with Crippen LogP contribution in [0.25, 0.3) is 0 Å². The summed E-state index contributed by atoms with van der Waals surface area (Å²) in [6.07, 6.45) is 0.180. The summed E-state index contributed by atoms with van der Waals surface area (Å²) in [4.78, 5) is 27.4. The molecule has 1 amide bonds. The number of benzene rings is 3. The molecule has 2 atom stereocenters. The summed E-state index contributed by atoms with van der Waals surface area (Å²) in [5.41, 5.74) is 0.143. The molecule has 35 heavy (non-hydrogen) atoms. The van der Waals surface area contributed by atoms with Crippen LogP contribution in [-0.2, 0) is 26.7 Å². The average Bonchev–Trinajstić information content (AvgIpc) is 3.09. The van der Waals surface area contributed by atoms with E-state index in [2.05, 4.69) is 0 Å². The Morgan fingerprint density at radius 1 is 0.857 bits per heavy atom. The first-order valence-corrected chi connectivity index (χ1v) is 11.6.